The van der Waals surface area contributed by atoms with Crippen molar-refractivity contribution < 1.29 is 14.6 Å². The Labute approximate surface area is 150 Å². The molecule has 0 spiro atoms. The van der Waals surface area contributed by atoms with Gasteiger partial charge in [0.25, 0.3) is 0 Å². The molecule has 1 N–H and O–H groups in total. The van der Waals surface area contributed by atoms with Crippen molar-refractivity contribution in [3.8, 4) is 11.5 Å². The summed E-state index contributed by atoms with van der Waals surface area (Å²) in [5.41, 5.74) is 2.95. The second-order valence-electron chi connectivity index (χ2n) is 5.79. The number of ether oxygens (including phenoxy) is 2. The summed E-state index contributed by atoms with van der Waals surface area (Å²) >= 11 is 0. The average Bonchev–Trinajstić information content (AvgIpc) is 2.65. The normalized spacial score (nSPS) is 12.1. The van der Waals surface area contributed by atoms with E-state index in [1.165, 1.54) is 0 Å². The van der Waals surface area contributed by atoms with Gasteiger partial charge >= 0.3 is 0 Å². The van der Waals surface area contributed by atoms with E-state index in [-0.39, 0.29) is 0 Å². The van der Waals surface area contributed by atoms with Crippen LogP contribution in [0.15, 0.2) is 67.3 Å². The molecule has 1 unspecified atom stereocenters. The zero-order valence-corrected chi connectivity index (χ0v) is 14.9. The van der Waals surface area contributed by atoms with E-state index < -0.39 is 6.10 Å². The largest absolute Gasteiger partial charge is 0.493 e. The summed E-state index contributed by atoms with van der Waals surface area (Å²) in [5.74, 6) is 1.30. The molecule has 0 aliphatic heterocycles. The molecule has 2 rings (SSSR count). The number of aliphatic hydroxyl groups excluding tert-OH is 1. The standard InChI is InChI=1S/C22H26O3/c1-4-6-13-18-14-21(24-3)22(15-19(18)20(23)10-5-2)25-16-17-11-8-7-9-12-17/h4-9,11-12,14-15,20,23H,2,10,13,16H2,1,3H3/b6-4+. The van der Waals surface area contributed by atoms with Crippen LogP contribution in [0.4, 0.5) is 0 Å². The molecular formula is C22H26O3. The highest BCUT2D eigenvalue weighted by atomic mass is 16.5. The summed E-state index contributed by atoms with van der Waals surface area (Å²) in [7, 11) is 1.63. The monoisotopic (exact) mass is 338 g/mol. The van der Waals surface area contributed by atoms with Crippen molar-refractivity contribution in [1.29, 1.82) is 0 Å². The second kappa shape index (κ2) is 9.70. The zero-order chi connectivity index (χ0) is 18.1. The fourth-order valence-electron chi connectivity index (χ4n) is 2.64. The Bertz CT molecular complexity index is 705. The number of hydrogen-bond donors (Lipinski definition) is 1. The van der Waals surface area contributed by atoms with Crippen LogP contribution in [0.3, 0.4) is 0 Å². The molecular weight excluding hydrogens is 312 g/mol. The summed E-state index contributed by atoms with van der Waals surface area (Å²) < 4.78 is 11.5. The minimum Gasteiger partial charge on any atom is -0.493 e. The van der Waals surface area contributed by atoms with E-state index in [1.807, 2.05) is 55.5 Å². The van der Waals surface area contributed by atoms with E-state index in [9.17, 15) is 5.11 Å². The Balaban J connectivity index is 2.33. The van der Waals surface area contributed by atoms with Crippen LogP contribution in [-0.2, 0) is 13.0 Å². The lowest BCUT2D eigenvalue weighted by molar-refractivity contribution is 0.179. The van der Waals surface area contributed by atoms with Crippen LogP contribution in [0.25, 0.3) is 0 Å². The number of allylic oxidation sites excluding steroid dienone is 2. The molecule has 0 aliphatic carbocycles. The minimum atomic E-state index is -0.609. The predicted octanol–water partition coefficient (Wildman–Crippen LogP) is 5.00. The predicted molar refractivity (Wildman–Crippen MR) is 102 cm³/mol. The van der Waals surface area contributed by atoms with Crippen molar-refractivity contribution >= 4 is 0 Å². The summed E-state index contributed by atoms with van der Waals surface area (Å²) in [6.07, 6.45) is 6.39. The van der Waals surface area contributed by atoms with Crippen LogP contribution in [0.5, 0.6) is 11.5 Å². The van der Waals surface area contributed by atoms with Crippen LogP contribution >= 0.6 is 0 Å². The van der Waals surface area contributed by atoms with Crippen molar-refractivity contribution in [1.82, 2.24) is 0 Å². The Morgan fingerprint density at radius 3 is 2.56 bits per heavy atom. The number of methoxy groups -OCH3 is 1. The van der Waals surface area contributed by atoms with Crippen LogP contribution in [0.1, 0.15) is 36.1 Å². The van der Waals surface area contributed by atoms with Gasteiger partial charge in [0.15, 0.2) is 11.5 Å². The molecule has 0 aromatic heterocycles. The summed E-state index contributed by atoms with van der Waals surface area (Å²) in [5, 5.41) is 10.5. The highest BCUT2D eigenvalue weighted by molar-refractivity contribution is 5.49. The smallest absolute Gasteiger partial charge is 0.162 e. The molecule has 0 radical (unpaired) electrons. The maximum absolute atomic E-state index is 10.5. The third-order valence-corrected chi connectivity index (χ3v) is 3.99. The average molecular weight is 338 g/mol. The first-order chi connectivity index (χ1) is 12.2. The van der Waals surface area contributed by atoms with Crippen LogP contribution < -0.4 is 9.47 Å². The fraction of sp³-hybridized carbons (Fsp3) is 0.273. The lowest BCUT2D eigenvalue weighted by atomic mass is 9.97. The van der Waals surface area contributed by atoms with Gasteiger partial charge in [0, 0.05) is 0 Å². The molecule has 3 heteroatoms. The van der Waals surface area contributed by atoms with Crippen molar-refractivity contribution in [3.05, 3.63) is 84.0 Å². The van der Waals surface area contributed by atoms with Gasteiger partial charge in [-0.05, 0) is 48.6 Å². The van der Waals surface area contributed by atoms with Crippen LogP contribution in [0.2, 0.25) is 0 Å². The SMILES string of the molecule is C=CCC(O)c1cc(OCc2ccccc2)c(OC)cc1C/C=C/C. The van der Waals surface area contributed by atoms with Crippen molar-refractivity contribution in [2.24, 2.45) is 0 Å². The molecule has 2 aromatic carbocycles. The number of hydrogen-bond acceptors (Lipinski definition) is 3. The molecule has 1 atom stereocenters. The molecule has 25 heavy (non-hydrogen) atoms. The molecule has 0 fully saturated rings. The maximum Gasteiger partial charge on any atom is 0.162 e. The van der Waals surface area contributed by atoms with E-state index >= 15 is 0 Å². The van der Waals surface area contributed by atoms with E-state index in [1.54, 1.807) is 13.2 Å². The Morgan fingerprint density at radius 1 is 1.16 bits per heavy atom. The highest BCUT2D eigenvalue weighted by Crippen LogP contribution is 2.35. The third-order valence-electron chi connectivity index (χ3n) is 3.99. The van der Waals surface area contributed by atoms with Crippen molar-refractivity contribution in [2.45, 2.75) is 32.5 Å². The van der Waals surface area contributed by atoms with E-state index in [4.69, 9.17) is 9.47 Å². The Hall–Kier alpha value is -2.52. The fourth-order valence-corrected chi connectivity index (χ4v) is 2.64. The molecule has 2 aromatic rings. The third kappa shape index (κ3) is 5.23. The van der Waals surface area contributed by atoms with Gasteiger partial charge < -0.3 is 14.6 Å². The molecule has 3 nitrogen and oxygen atoms in total. The van der Waals surface area contributed by atoms with Gasteiger partial charge in [0.05, 0.1) is 13.2 Å². The minimum absolute atomic E-state index is 0.447. The van der Waals surface area contributed by atoms with Gasteiger partial charge in [-0.3, -0.25) is 0 Å². The number of rotatable bonds is 9. The van der Waals surface area contributed by atoms with E-state index in [0.717, 1.165) is 23.1 Å². The van der Waals surface area contributed by atoms with Crippen molar-refractivity contribution in [3.63, 3.8) is 0 Å². The van der Waals surface area contributed by atoms with E-state index in [2.05, 4.69) is 12.7 Å². The molecule has 0 saturated carbocycles. The summed E-state index contributed by atoms with van der Waals surface area (Å²) in [4.78, 5) is 0. The van der Waals surface area contributed by atoms with Crippen LogP contribution in [0, 0.1) is 0 Å². The highest BCUT2D eigenvalue weighted by Gasteiger charge is 2.16. The lowest BCUT2D eigenvalue weighted by Gasteiger charge is -2.18. The Morgan fingerprint density at radius 2 is 1.92 bits per heavy atom. The second-order valence-corrected chi connectivity index (χ2v) is 5.79. The van der Waals surface area contributed by atoms with Gasteiger partial charge in [0.1, 0.15) is 6.61 Å². The van der Waals surface area contributed by atoms with Gasteiger partial charge in [-0.2, -0.15) is 0 Å². The summed E-state index contributed by atoms with van der Waals surface area (Å²) in [6.45, 7) is 6.15. The molecule has 132 valence electrons. The summed E-state index contributed by atoms with van der Waals surface area (Å²) in [6, 6.07) is 13.8. The lowest BCUT2D eigenvalue weighted by Crippen LogP contribution is -2.05. The maximum atomic E-state index is 10.5. The Kier molecular flexibility index (Phi) is 7.30. The molecule has 0 amide bonds. The quantitative estimate of drug-likeness (QED) is 0.654. The van der Waals surface area contributed by atoms with Gasteiger partial charge in [-0.15, -0.1) is 6.58 Å². The first-order valence-corrected chi connectivity index (χ1v) is 8.47. The van der Waals surface area contributed by atoms with E-state index in [0.29, 0.717) is 24.5 Å². The molecule has 0 bridgehead atoms. The number of benzene rings is 2. The van der Waals surface area contributed by atoms with Gasteiger partial charge in [0.2, 0.25) is 0 Å². The zero-order valence-electron chi connectivity index (χ0n) is 14.9. The first kappa shape index (κ1) is 18.8. The topological polar surface area (TPSA) is 38.7 Å². The first-order valence-electron chi connectivity index (χ1n) is 8.47. The van der Waals surface area contributed by atoms with Crippen LogP contribution in [-0.4, -0.2) is 12.2 Å². The molecule has 0 saturated heterocycles. The number of aliphatic hydroxyl groups is 1. The van der Waals surface area contributed by atoms with Gasteiger partial charge in [-0.25, -0.2) is 0 Å². The van der Waals surface area contributed by atoms with Crippen molar-refractivity contribution in [2.75, 3.05) is 7.11 Å². The molecule has 0 heterocycles. The van der Waals surface area contributed by atoms with Gasteiger partial charge in [-0.1, -0.05) is 48.6 Å². The molecule has 0 aliphatic rings.